The second-order valence-corrected chi connectivity index (χ2v) is 5.79. The van der Waals surface area contributed by atoms with Crippen molar-refractivity contribution in [3.8, 4) is 5.75 Å². The first-order valence-electron chi connectivity index (χ1n) is 7.97. The highest BCUT2D eigenvalue weighted by atomic mass is 16.5. The van der Waals surface area contributed by atoms with Gasteiger partial charge >= 0.3 is 12.0 Å². The van der Waals surface area contributed by atoms with E-state index in [1.807, 2.05) is 31.2 Å². The molecule has 0 fully saturated rings. The van der Waals surface area contributed by atoms with Crippen molar-refractivity contribution in [3.05, 3.63) is 65.2 Å². The Labute approximate surface area is 146 Å². The Morgan fingerprint density at radius 3 is 2.48 bits per heavy atom. The number of urea groups is 1. The van der Waals surface area contributed by atoms with Crippen LogP contribution in [0.1, 0.15) is 28.4 Å². The van der Waals surface area contributed by atoms with Crippen LogP contribution in [0.15, 0.2) is 48.5 Å². The summed E-state index contributed by atoms with van der Waals surface area (Å²) in [6.07, 6.45) is 0.692. The predicted molar refractivity (Wildman–Crippen MR) is 94.9 cm³/mol. The molecule has 0 radical (unpaired) electrons. The lowest BCUT2D eigenvalue weighted by Crippen LogP contribution is -2.41. The summed E-state index contributed by atoms with van der Waals surface area (Å²) >= 11 is 0. The van der Waals surface area contributed by atoms with Crippen LogP contribution in [0.25, 0.3) is 0 Å². The fourth-order valence-corrected chi connectivity index (χ4v) is 2.43. The number of nitrogens with one attached hydrogen (secondary N) is 2. The summed E-state index contributed by atoms with van der Waals surface area (Å²) in [6.45, 7) is 2.26. The molecule has 3 N–H and O–H groups in total. The number of hydrogen-bond donors (Lipinski definition) is 3. The van der Waals surface area contributed by atoms with E-state index in [-0.39, 0.29) is 17.6 Å². The van der Waals surface area contributed by atoms with E-state index in [0.29, 0.717) is 13.0 Å². The van der Waals surface area contributed by atoms with Gasteiger partial charge in [0.05, 0.1) is 12.7 Å². The average Bonchev–Trinajstić information content (AvgIpc) is 2.60. The standard InChI is InChI=1S/C19H22N2O4/c1-13(10-15-4-3-5-17(11-15)25-2)21-19(24)20-12-14-6-8-16(9-7-14)18(22)23/h3-9,11,13H,10,12H2,1-2H3,(H,22,23)(H2,20,21,24). The molecule has 2 aromatic rings. The second kappa shape index (κ2) is 8.73. The van der Waals surface area contributed by atoms with Gasteiger partial charge in [0.1, 0.15) is 5.75 Å². The summed E-state index contributed by atoms with van der Waals surface area (Å²) in [5, 5.41) is 14.5. The molecule has 25 heavy (non-hydrogen) atoms. The Morgan fingerprint density at radius 2 is 1.84 bits per heavy atom. The molecule has 6 heteroatoms. The highest BCUT2D eigenvalue weighted by molar-refractivity contribution is 5.87. The van der Waals surface area contributed by atoms with Crippen molar-refractivity contribution in [2.24, 2.45) is 0 Å². The summed E-state index contributed by atoms with van der Waals surface area (Å²) < 4.78 is 5.19. The van der Waals surface area contributed by atoms with Crippen LogP contribution in [-0.2, 0) is 13.0 Å². The molecule has 0 bridgehead atoms. The average molecular weight is 342 g/mol. The van der Waals surface area contributed by atoms with Gasteiger partial charge in [0, 0.05) is 12.6 Å². The minimum Gasteiger partial charge on any atom is -0.497 e. The van der Waals surface area contributed by atoms with E-state index < -0.39 is 5.97 Å². The highest BCUT2D eigenvalue weighted by Crippen LogP contribution is 2.14. The Hall–Kier alpha value is -3.02. The van der Waals surface area contributed by atoms with E-state index in [1.165, 1.54) is 12.1 Å². The Balaban J connectivity index is 1.79. The van der Waals surface area contributed by atoms with Crippen molar-refractivity contribution in [1.29, 1.82) is 0 Å². The third kappa shape index (κ3) is 5.84. The number of benzene rings is 2. The van der Waals surface area contributed by atoms with Crippen LogP contribution in [0.5, 0.6) is 5.75 Å². The molecule has 0 spiro atoms. The fourth-order valence-electron chi connectivity index (χ4n) is 2.43. The molecule has 1 unspecified atom stereocenters. The molecule has 132 valence electrons. The Kier molecular flexibility index (Phi) is 6.39. The first-order chi connectivity index (χ1) is 12.0. The lowest BCUT2D eigenvalue weighted by Gasteiger charge is -2.15. The van der Waals surface area contributed by atoms with Crippen LogP contribution < -0.4 is 15.4 Å². The molecule has 0 aromatic heterocycles. The van der Waals surface area contributed by atoms with Crippen LogP contribution in [0.4, 0.5) is 4.79 Å². The van der Waals surface area contributed by atoms with Gasteiger partial charge in [-0.1, -0.05) is 24.3 Å². The zero-order valence-corrected chi connectivity index (χ0v) is 14.3. The number of aromatic carboxylic acids is 1. The highest BCUT2D eigenvalue weighted by Gasteiger charge is 2.09. The van der Waals surface area contributed by atoms with Crippen LogP contribution in [0.3, 0.4) is 0 Å². The first kappa shape index (κ1) is 18.3. The Bertz CT molecular complexity index is 728. The largest absolute Gasteiger partial charge is 0.497 e. The Morgan fingerprint density at radius 1 is 1.12 bits per heavy atom. The number of hydrogen-bond acceptors (Lipinski definition) is 3. The van der Waals surface area contributed by atoms with Crippen LogP contribution in [-0.4, -0.2) is 30.3 Å². The number of carbonyl (C=O) groups excluding carboxylic acids is 1. The van der Waals surface area contributed by atoms with E-state index in [2.05, 4.69) is 10.6 Å². The van der Waals surface area contributed by atoms with Crippen molar-refractivity contribution < 1.29 is 19.4 Å². The van der Waals surface area contributed by atoms with Gasteiger partial charge in [-0.2, -0.15) is 0 Å². The lowest BCUT2D eigenvalue weighted by atomic mass is 10.1. The van der Waals surface area contributed by atoms with Gasteiger partial charge in [0.15, 0.2) is 0 Å². The molecule has 0 saturated carbocycles. The van der Waals surface area contributed by atoms with Gasteiger partial charge in [0.2, 0.25) is 0 Å². The summed E-state index contributed by atoms with van der Waals surface area (Å²) in [4.78, 5) is 22.8. The third-order valence-corrected chi connectivity index (χ3v) is 3.71. The number of rotatable bonds is 7. The maximum atomic E-state index is 12.0. The number of methoxy groups -OCH3 is 1. The van der Waals surface area contributed by atoms with Gasteiger partial charge in [0.25, 0.3) is 0 Å². The molecule has 2 amide bonds. The normalized spacial score (nSPS) is 11.4. The maximum Gasteiger partial charge on any atom is 0.335 e. The molecule has 0 aliphatic heterocycles. The minimum atomic E-state index is -0.969. The molecule has 0 saturated heterocycles. The van der Waals surface area contributed by atoms with Crippen molar-refractivity contribution in [3.63, 3.8) is 0 Å². The minimum absolute atomic E-state index is 0.0403. The monoisotopic (exact) mass is 342 g/mol. The summed E-state index contributed by atoms with van der Waals surface area (Å²) in [7, 11) is 1.62. The molecule has 0 aliphatic carbocycles. The molecule has 6 nitrogen and oxygen atoms in total. The zero-order chi connectivity index (χ0) is 18.2. The number of carboxylic acids is 1. The number of ether oxygens (including phenoxy) is 1. The van der Waals surface area contributed by atoms with Crippen LogP contribution in [0, 0.1) is 0 Å². The van der Waals surface area contributed by atoms with E-state index in [0.717, 1.165) is 16.9 Å². The van der Waals surface area contributed by atoms with Crippen molar-refractivity contribution in [2.75, 3.05) is 7.11 Å². The lowest BCUT2D eigenvalue weighted by molar-refractivity contribution is 0.0697. The fraction of sp³-hybridized carbons (Fsp3) is 0.263. The molecular formula is C19H22N2O4. The van der Waals surface area contributed by atoms with Crippen LogP contribution in [0.2, 0.25) is 0 Å². The van der Waals surface area contributed by atoms with E-state index in [9.17, 15) is 9.59 Å². The maximum absolute atomic E-state index is 12.0. The van der Waals surface area contributed by atoms with Gasteiger partial charge < -0.3 is 20.5 Å². The van der Waals surface area contributed by atoms with Crippen molar-refractivity contribution in [2.45, 2.75) is 25.9 Å². The van der Waals surface area contributed by atoms with Gasteiger partial charge in [-0.05, 0) is 48.7 Å². The molecule has 2 aromatic carbocycles. The molecule has 0 heterocycles. The molecular weight excluding hydrogens is 320 g/mol. The quantitative estimate of drug-likeness (QED) is 0.722. The predicted octanol–water partition coefficient (Wildman–Crippen LogP) is 2.82. The topological polar surface area (TPSA) is 87.7 Å². The van der Waals surface area contributed by atoms with Gasteiger partial charge in [-0.3, -0.25) is 0 Å². The number of carboxylic acid groups (broad SMARTS) is 1. The first-order valence-corrected chi connectivity index (χ1v) is 7.97. The smallest absolute Gasteiger partial charge is 0.335 e. The zero-order valence-electron chi connectivity index (χ0n) is 14.3. The summed E-state index contributed by atoms with van der Waals surface area (Å²) in [5.41, 5.74) is 2.14. The number of amides is 2. The van der Waals surface area contributed by atoms with Crippen molar-refractivity contribution in [1.82, 2.24) is 10.6 Å². The SMILES string of the molecule is COc1cccc(CC(C)NC(=O)NCc2ccc(C(=O)O)cc2)c1. The molecule has 0 aliphatic rings. The number of carbonyl (C=O) groups is 2. The summed E-state index contributed by atoms with van der Waals surface area (Å²) in [6, 6.07) is 13.8. The third-order valence-electron chi connectivity index (χ3n) is 3.71. The van der Waals surface area contributed by atoms with Crippen molar-refractivity contribution >= 4 is 12.0 Å². The second-order valence-electron chi connectivity index (χ2n) is 5.79. The molecule has 1 atom stereocenters. The van der Waals surface area contributed by atoms with Crippen LogP contribution >= 0.6 is 0 Å². The van der Waals surface area contributed by atoms with E-state index in [4.69, 9.17) is 9.84 Å². The van der Waals surface area contributed by atoms with E-state index >= 15 is 0 Å². The van der Waals surface area contributed by atoms with Gasteiger partial charge in [-0.25, -0.2) is 9.59 Å². The molecule has 2 rings (SSSR count). The summed E-state index contributed by atoms with van der Waals surface area (Å²) in [5.74, 6) is -0.178. The van der Waals surface area contributed by atoms with E-state index in [1.54, 1.807) is 19.2 Å². The van der Waals surface area contributed by atoms with Gasteiger partial charge in [-0.15, -0.1) is 0 Å².